The summed E-state index contributed by atoms with van der Waals surface area (Å²) in [7, 11) is 1.46. The minimum atomic E-state index is -1.09. The largest absolute Gasteiger partial charge is 0.493 e. The number of aryl methyl sites for hydroxylation is 1. The molecule has 0 saturated carbocycles. The molecule has 1 fully saturated rings. The summed E-state index contributed by atoms with van der Waals surface area (Å²) in [5.74, 6) is -1.28. The molecule has 0 bridgehead atoms. The quantitative estimate of drug-likeness (QED) is 0.400. The van der Waals surface area contributed by atoms with Gasteiger partial charge >= 0.3 is 5.97 Å². The number of halogens is 1. The van der Waals surface area contributed by atoms with Gasteiger partial charge in [-0.2, -0.15) is 0 Å². The maximum Gasteiger partial charge on any atom is 0.341 e. The summed E-state index contributed by atoms with van der Waals surface area (Å²) in [4.78, 5) is 24.1. The monoisotopic (exact) mass is 545 g/mol. The van der Waals surface area contributed by atoms with Crippen molar-refractivity contribution < 1.29 is 24.2 Å². The predicted molar refractivity (Wildman–Crippen MR) is 119 cm³/mol. The Balaban J connectivity index is 1.89. The summed E-state index contributed by atoms with van der Waals surface area (Å²) < 4.78 is 11.3. The second-order valence-electron chi connectivity index (χ2n) is 5.88. The average molecular weight is 545 g/mol. The van der Waals surface area contributed by atoms with E-state index in [4.69, 9.17) is 20.0 Å². The van der Waals surface area contributed by atoms with Crippen LogP contribution in [0.4, 0.5) is 0 Å². The Kier molecular flexibility index (Phi) is 6.90. The van der Waals surface area contributed by atoms with Gasteiger partial charge in [-0.25, -0.2) is 4.79 Å². The minimum absolute atomic E-state index is 0.181. The molecule has 0 aliphatic carbocycles. The molecule has 1 aromatic carbocycles. The van der Waals surface area contributed by atoms with Crippen LogP contribution in [0.2, 0.25) is 0 Å². The van der Waals surface area contributed by atoms with E-state index in [9.17, 15) is 9.59 Å². The van der Waals surface area contributed by atoms with Gasteiger partial charge in [-0.15, -0.1) is 21.5 Å². The fourth-order valence-electron chi connectivity index (χ4n) is 2.59. The Morgan fingerprint density at radius 3 is 2.79 bits per heavy atom. The lowest BCUT2D eigenvalue weighted by atomic mass is 10.1. The van der Waals surface area contributed by atoms with Crippen molar-refractivity contribution in [3.63, 3.8) is 0 Å². The van der Waals surface area contributed by atoms with E-state index in [1.807, 2.05) is 29.5 Å². The number of carboxylic acids is 1. The lowest BCUT2D eigenvalue weighted by Crippen LogP contribution is -2.11. The Labute approximate surface area is 188 Å². The number of nitrogens with one attached hydrogen (secondary N) is 1. The number of methoxy groups -OCH3 is 1. The number of nitrogens with zero attached hydrogens (tertiary/aromatic N) is 2. The van der Waals surface area contributed by atoms with E-state index in [-0.39, 0.29) is 10.8 Å². The van der Waals surface area contributed by atoms with Gasteiger partial charge in [0.15, 0.2) is 23.9 Å². The van der Waals surface area contributed by atoms with Crippen LogP contribution >= 0.6 is 45.7 Å². The summed E-state index contributed by atoms with van der Waals surface area (Å²) in [6, 6.07) is 3.43. The van der Waals surface area contributed by atoms with Crippen LogP contribution in [0.15, 0.2) is 17.0 Å². The van der Waals surface area contributed by atoms with Gasteiger partial charge in [0.05, 0.1) is 20.6 Å². The van der Waals surface area contributed by atoms with Crippen molar-refractivity contribution in [2.45, 2.75) is 19.3 Å². The molecule has 0 spiro atoms. The van der Waals surface area contributed by atoms with Crippen molar-refractivity contribution in [2.24, 2.45) is 0 Å². The number of Topliss-reactive ketones (excluding diaryl/α,β-unsaturated/α-hetero) is 1. The number of aliphatic carboxylic acids is 1. The van der Waals surface area contributed by atoms with Crippen molar-refractivity contribution in [3.8, 4) is 11.5 Å². The van der Waals surface area contributed by atoms with E-state index in [1.165, 1.54) is 18.4 Å². The van der Waals surface area contributed by atoms with E-state index < -0.39 is 18.5 Å². The first-order chi connectivity index (χ1) is 13.8. The minimum Gasteiger partial charge on any atom is -0.493 e. The zero-order valence-electron chi connectivity index (χ0n) is 15.4. The highest BCUT2D eigenvalue weighted by atomic mass is 127. The molecule has 2 aromatic rings. The van der Waals surface area contributed by atoms with Crippen molar-refractivity contribution >= 4 is 68.6 Å². The van der Waals surface area contributed by atoms with Crippen LogP contribution in [0.3, 0.4) is 0 Å². The second-order valence-corrected chi connectivity index (χ2v) is 9.22. The van der Waals surface area contributed by atoms with Crippen LogP contribution in [0.5, 0.6) is 11.5 Å². The van der Waals surface area contributed by atoms with Crippen molar-refractivity contribution in [2.75, 3.05) is 13.7 Å². The first kappa shape index (κ1) is 21.7. The lowest BCUT2D eigenvalue weighted by Gasteiger charge is -2.12. The molecule has 3 rings (SSSR count). The van der Waals surface area contributed by atoms with Crippen molar-refractivity contribution in [1.82, 2.24) is 10.2 Å². The van der Waals surface area contributed by atoms with E-state index in [2.05, 4.69) is 10.2 Å². The molecule has 2 heterocycles. The van der Waals surface area contributed by atoms with E-state index in [0.717, 1.165) is 23.2 Å². The highest BCUT2D eigenvalue weighted by molar-refractivity contribution is 14.1. The number of ether oxygens (including phenoxy) is 2. The smallest absolute Gasteiger partial charge is 0.341 e. The average Bonchev–Trinajstić information content (AvgIpc) is 3.24. The molecule has 1 aliphatic heterocycles. The van der Waals surface area contributed by atoms with Gasteiger partial charge in [0.1, 0.15) is 15.9 Å². The standard InChI is InChI=1S/C18H16IN3O5S2/c1-3-12-21-22-18(29-12)14-15(25)11(28-17(14)20)6-8-4-9(19)16(10(5-8)26-2)27-7-13(23)24/h4-6,14,20H,3,7H2,1-2H3,(H,23,24)/b11-6-,20-17?/t14-/m0/s1. The van der Waals surface area contributed by atoms with Crippen LogP contribution in [0.1, 0.15) is 28.4 Å². The van der Waals surface area contributed by atoms with Crippen molar-refractivity contribution in [1.29, 1.82) is 5.41 Å². The number of carbonyl (C=O) groups excluding carboxylic acids is 1. The maximum absolute atomic E-state index is 12.9. The summed E-state index contributed by atoms with van der Waals surface area (Å²) in [5, 5.41) is 26.8. The third-order valence-electron chi connectivity index (χ3n) is 3.91. The SMILES string of the molecule is CCc1nnc([C@@H]2C(=N)S/C(=C\c3cc(I)c(OCC(=O)O)c(OC)c3)C2=O)s1. The highest BCUT2D eigenvalue weighted by Crippen LogP contribution is 2.42. The molecule has 1 atom stereocenters. The molecule has 0 radical (unpaired) electrons. The number of ketones is 1. The molecule has 11 heteroatoms. The molecule has 0 unspecified atom stereocenters. The van der Waals surface area contributed by atoms with Crippen LogP contribution in [0.25, 0.3) is 6.08 Å². The summed E-state index contributed by atoms with van der Waals surface area (Å²) in [6.45, 7) is 1.48. The normalized spacial score (nSPS) is 17.8. The first-order valence-corrected chi connectivity index (χ1v) is 11.1. The van der Waals surface area contributed by atoms with E-state index in [1.54, 1.807) is 18.2 Å². The molecular weight excluding hydrogens is 529 g/mol. The molecular formula is C18H16IN3O5S2. The molecule has 1 saturated heterocycles. The molecule has 29 heavy (non-hydrogen) atoms. The summed E-state index contributed by atoms with van der Waals surface area (Å²) in [6.07, 6.45) is 2.42. The Hall–Kier alpha value is -1.99. The van der Waals surface area contributed by atoms with Crippen LogP contribution in [-0.4, -0.2) is 45.8 Å². The molecule has 2 N–H and O–H groups in total. The Morgan fingerprint density at radius 2 is 2.17 bits per heavy atom. The van der Waals surface area contributed by atoms with Gasteiger partial charge in [-0.05, 0) is 52.8 Å². The van der Waals surface area contributed by atoms with Gasteiger partial charge in [0.25, 0.3) is 0 Å². The fraction of sp³-hybridized carbons (Fsp3) is 0.278. The molecule has 1 aromatic heterocycles. The summed E-state index contributed by atoms with van der Waals surface area (Å²) >= 11 is 4.48. The number of rotatable bonds is 7. The number of aromatic nitrogens is 2. The van der Waals surface area contributed by atoms with Gasteiger partial charge in [0, 0.05) is 0 Å². The molecule has 152 valence electrons. The number of hydrogen-bond acceptors (Lipinski definition) is 9. The van der Waals surface area contributed by atoms with Crippen LogP contribution in [0, 0.1) is 8.98 Å². The first-order valence-electron chi connectivity index (χ1n) is 8.40. The van der Waals surface area contributed by atoms with E-state index in [0.29, 0.717) is 30.5 Å². The number of hydrogen-bond donors (Lipinski definition) is 2. The molecule has 1 aliphatic rings. The summed E-state index contributed by atoms with van der Waals surface area (Å²) in [5.41, 5.74) is 0.685. The number of benzene rings is 1. The number of thioether (sulfide) groups is 1. The Bertz CT molecular complexity index is 1020. The maximum atomic E-state index is 12.9. The van der Waals surface area contributed by atoms with Crippen molar-refractivity contribution in [3.05, 3.63) is 36.2 Å². The van der Waals surface area contributed by atoms with Gasteiger partial charge < -0.3 is 14.6 Å². The predicted octanol–water partition coefficient (Wildman–Crippen LogP) is 3.59. The fourth-order valence-corrected chi connectivity index (χ4v) is 5.32. The third kappa shape index (κ3) is 4.78. The van der Waals surface area contributed by atoms with Crippen LogP contribution in [-0.2, 0) is 16.0 Å². The third-order valence-corrected chi connectivity index (χ3v) is 6.84. The van der Waals surface area contributed by atoms with Gasteiger partial charge in [-0.1, -0.05) is 18.7 Å². The van der Waals surface area contributed by atoms with Gasteiger partial charge in [-0.3, -0.25) is 10.2 Å². The van der Waals surface area contributed by atoms with Gasteiger partial charge in [0.2, 0.25) is 0 Å². The highest BCUT2D eigenvalue weighted by Gasteiger charge is 2.39. The Morgan fingerprint density at radius 1 is 1.41 bits per heavy atom. The number of allylic oxidation sites excluding steroid dienone is 1. The van der Waals surface area contributed by atoms with E-state index >= 15 is 0 Å². The van der Waals surface area contributed by atoms with Crippen LogP contribution < -0.4 is 9.47 Å². The number of carboxylic acid groups (broad SMARTS) is 1. The molecule has 0 amide bonds. The lowest BCUT2D eigenvalue weighted by molar-refractivity contribution is -0.139. The number of carbonyl (C=O) groups is 2. The zero-order chi connectivity index (χ0) is 21.1. The molecule has 8 nitrogen and oxygen atoms in total. The topological polar surface area (TPSA) is 122 Å². The second kappa shape index (κ2) is 9.22. The zero-order valence-corrected chi connectivity index (χ0v) is 19.2.